The molecule has 0 spiro atoms. The lowest BCUT2D eigenvalue weighted by atomic mass is 9.88. The molecule has 5 heteroatoms. The van der Waals surface area contributed by atoms with E-state index in [9.17, 15) is 14.7 Å². The molecule has 1 aromatic carbocycles. The molecule has 0 fully saturated rings. The Morgan fingerprint density at radius 3 is 2.12 bits per heavy atom. The fourth-order valence-corrected chi connectivity index (χ4v) is 2.31. The van der Waals surface area contributed by atoms with Crippen LogP contribution in [0.5, 0.6) is 0 Å². The van der Waals surface area contributed by atoms with Gasteiger partial charge in [-0.05, 0) is 30.4 Å². The Bertz CT molecular complexity index is 510. The van der Waals surface area contributed by atoms with Crippen molar-refractivity contribution in [1.29, 1.82) is 0 Å². The van der Waals surface area contributed by atoms with Crippen molar-refractivity contribution in [2.45, 2.75) is 40.2 Å². The van der Waals surface area contributed by atoms with Gasteiger partial charge in [0.2, 0.25) is 0 Å². The van der Waals surface area contributed by atoms with Crippen molar-refractivity contribution in [1.82, 2.24) is 0 Å². The number of aliphatic hydroxyl groups is 1. The average Bonchev–Trinajstić information content (AvgIpc) is 2.55. The number of hydrogen-bond donors (Lipinski definition) is 1. The summed E-state index contributed by atoms with van der Waals surface area (Å²) in [5, 5.41) is 9.84. The number of carbonyl (C=O) groups is 2. The lowest BCUT2D eigenvalue weighted by Crippen LogP contribution is -2.30. The zero-order valence-electron chi connectivity index (χ0n) is 14.9. The van der Waals surface area contributed by atoms with Crippen LogP contribution in [0.25, 0.3) is 0 Å². The quantitative estimate of drug-likeness (QED) is 0.702. The highest BCUT2D eigenvalue weighted by Gasteiger charge is 2.25. The van der Waals surface area contributed by atoms with Crippen LogP contribution in [0.2, 0.25) is 0 Å². The second-order valence-corrected chi connectivity index (χ2v) is 6.73. The Morgan fingerprint density at radius 2 is 1.58 bits per heavy atom. The molecule has 0 heterocycles. The molecule has 24 heavy (non-hydrogen) atoms. The summed E-state index contributed by atoms with van der Waals surface area (Å²) in [5.41, 5.74) is 0.415. The van der Waals surface area contributed by atoms with E-state index < -0.39 is 12.1 Å². The van der Waals surface area contributed by atoms with Crippen molar-refractivity contribution in [3.05, 3.63) is 35.9 Å². The molecule has 0 saturated heterocycles. The molecule has 0 aliphatic rings. The molecule has 0 saturated carbocycles. The average molecular weight is 336 g/mol. The van der Waals surface area contributed by atoms with Gasteiger partial charge in [0.25, 0.3) is 0 Å². The molecule has 2 atom stereocenters. The zero-order chi connectivity index (χ0) is 18.1. The van der Waals surface area contributed by atoms with Gasteiger partial charge in [-0.15, -0.1) is 0 Å². The summed E-state index contributed by atoms with van der Waals surface area (Å²) in [6, 6.07) is 8.53. The minimum atomic E-state index is -1.03. The maximum atomic E-state index is 12.1. The van der Waals surface area contributed by atoms with E-state index in [4.69, 9.17) is 9.47 Å². The molecule has 1 N–H and O–H groups in total. The van der Waals surface area contributed by atoms with Gasteiger partial charge in [0.05, 0.1) is 11.5 Å². The minimum absolute atomic E-state index is 0.174. The predicted molar refractivity (Wildman–Crippen MR) is 91.5 cm³/mol. The van der Waals surface area contributed by atoms with Gasteiger partial charge >= 0.3 is 11.9 Å². The molecule has 2 unspecified atom stereocenters. The number of carbonyl (C=O) groups excluding carboxylic acids is 2. The van der Waals surface area contributed by atoms with Gasteiger partial charge in [0.1, 0.15) is 19.3 Å². The molecule has 0 amide bonds. The summed E-state index contributed by atoms with van der Waals surface area (Å²) >= 11 is 0. The summed E-state index contributed by atoms with van der Waals surface area (Å²) in [7, 11) is 0. The zero-order valence-corrected chi connectivity index (χ0v) is 14.9. The number of ether oxygens (including phenoxy) is 2. The van der Waals surface area contributed by atoms with E-state index in [1.807, 2.05) is 13.8 Å². The van der Waals surface area contributed by atoms with Crippen LogP contribution in [-0.4, -0.2) is 36.4 Å². The fraction of sp³-hybridized carbons (Fsp3) is 0.579. The third-order valence-electron chi connectivity index (χ3n) is 3.67. The van der Waals surface area contributed by atoms with Crippen LogP contribution in [-0.2, 0) is 14.3 Å². The van der Waals surface area contributed by atoms with Crippen LogP contribution in [0.15, 0.2) is 30.3 Å². The van der Waals surface area contributed by atoms with Gasteiger partial charge in [-0.3, -0.25) is 4.79 Å². The van der Waals surface area contributed by atoms with Crippen molar-refractivity contribution >= 4 is 11.9 Å². The highest BCUT2D eigenvalue weighted by Crippen LogP contribution is 2.21. The molecule has 0 aliphatic heterocycles. The molecule has 5 nitrogen and oxygen atoms in total. The number of esters is 2. The van der Waals surface area contributed by atoms with Crippen molar-refractivity contribution in [3.8, 4) is 0 Å². The van der Waals surface area contributed by atoms with Crippen LogP contribution >= 0.6 is 0 Å². The maximum absolute atomic E-state index is 12.1. The predicted octanol–water partition coefficient (Wildman–Crippen LogP) is 3.07. The number of benzene rings is 1. The van der Waals surface area contributed by atoms with Gasteiger partial charge < -0.3 is 14.6 Å². The minimum Gasteiger partial charge on any atom is -0.463 e. The molecular formula is C19H28O5. The van der Waals surface area contributed by atoms with E-state index in [2.05, 4.69) is 13.8 Å². The van der Waals surface area contributed by atoms with Gasteiger partial charge in [-0.1, -0.05) is 45.9 Å². The van der Waals surface area contributed by atoms with Gasteiger partial charge in [-0.25, -0.2) is 4.79 Å². The molecule has 0 radical (unpaired) electrons. The largest absolute Gasteiger partial charge is 0.463 e. The molecule has 134 valence electrons. The fourth-order valence-electron chi connectivity index (χ4n) is 2.31. The Morgan fingerprint density at radius 1 is 1.00 bits per heavy atom. The van der Waals surface area contributed by atoms with E-state index >= 15 is 0 Å². The van der Waals surface area contributed by atoms with E-state index in [0.29, 0.717) is 11.5 Å². The molecule has 0 aliphatic carbocycles. The Hall–Kier alpha value is -1.88. The standard InChI is InChI=1S/C19H28O5/c1-13(2)10-17(14(3)4)19(22)24-12-16(20)11-23-18(21)15-8-6-5-7-9-15/h5-9,13-14,16-17,20H,10-12H2,1-4H3. The van der Waals surface area contributed by atoms with Crippen LogP contribution < -0.4 is 0 Å². The Labute approximate surface area is 144 Å². The van der Waals surface area contributed by atoms with Crippen LogP contribution in [0.4, 0.5) is 0 Å². The Kier molecular flexibility index (Phi) is 8.47. The SMILES string of the molecule is CC(C)CC(C(=O)OCC(O)COC(=O)c1ccccc1)C(C)C. The first-order chi connectivity index (χ1) is 11.3. The van der Waals surface area contributed by atoms with Gasteiger partial charge in [0, 0.05) is 0 Å². The lowest BCUT2D eigenvalue weighted by molar-refractivity contribution is -0.154. The highest BCUT2D eigenvalue weighted by atomic mass is 16.6. The van der Waals surface area contributed by atoms with E-state index in [0.717, 1.165) is 6.42 Å². The lowest BCUT2D eigenvalue weighted by Gasteiger charge is -2.22. The van der Waals surface area contributed by atoms with E-state index in [-0.39, 0.29) is 31.0 Å². The molecule has 0 aromatic heterocycles. The van der Waals surface area contributed by atoms with Crippen molar-refractivity contribution < 1.29 is 24.2 Å². The molecule has 1 rings (SSSR count). The maximum Gasteiger partial charge on any atom is 0.338 e. The van der Waals surface area contributed by atoms with Crippen LogP contribution in [0.1, 0.15) is 44.5 Å². The second-order valence-electron chi connectivity index (χ2n) is 6.73. The first-order valence-corrected chi connectivity index (χ1v) is 8.38. The summed E-state index contributed by atoms with van der Waals surface area (Å²) in [6.07, 6.45) is -0.288. The molecule has 0 bridgehead atoms. The second kappa shape index (κ2) is 10.1. The number of rotatable bonds is 9. The first-order valence-electron chi connectivity index (χ1n) is 8.38. The summed E-state index contributed by atoms with van der Waals surface area (Å²) in [6.45, 7) is 7.68. The van der Waals surface area contributed by atoms with E-state index in [1.165, 1.54) is 0 Å². The first kappa shape index (κ1) is 20.2. The third kappa shape index (κ3) is 7.13. The van der Waals surface area contributed by atoms with Gasteiger partial charge in [0.15, 0.2) is 0 Å². The van der Waals surface area contributed by atoms with E-state index in [1.54, 1.807) is 30.3 Å². The normalized spacial score (nSPS) is 13.6. The van der Waals surface area contributed by atoms with Crippen molar-refractivity contribution in [3.63, 3.8) is 0 Å². The number of hydrogen-bond acceptors (Lipinski definition) is 5. The smallest absolute Gasteiger partial charge is 0.338 e. The third-order valence-corrected chi connectivity index (χ3v) is 3.67. The van der Waals surface area contributed by atoms with Crippen LogP contribution in [0.3, 0.4) is 0 Å². The summed E-state index contributed by atoms with van der Waals surface area (Å²) < 4.78 is 10.2. The Balaban J connectivity index is 2.38. The van der Waals surface area contributed by atoms with Crippen molar-refractivity contribution in [2.75, 3.05) is 13.2 Å². The van der Waals surface area contributed by atoms with Crippen LogP contribution in [0, 0.1) is 17.8 Å². The number of aliphatic hydroxyl groups excluding tert-OH is 1. The summed E-state index contributed by atoms with van der Waals surface area (Å²) in [4.78, 5) is 23.9. The molecular weight excluding hydrogens is 308 g/mol. The molecule has 1 aromatic rings. The van der Waals surface area contributed by atoms with Gasteiger partial charge in [-0.2, -0.15) is 0 Å². The summed E-state index contributed by atoms with van der Waals surface area (Å²) in [5.74, 6) is -0.452. The van der Waals surface area contributed by atoms with Crippen molar-refractivity contribution in [2.24, 2.45) is 17.8 Å². The monoisotopic (exact) mass is 336 g/mol. The highest BCUT2D eigenvalue weighted by molar-refractivity contribution is 5.89. The topological polar surface area (TPSA) is 72.8 Å².